The molecule has 4 rings (SSSR count). The van der Waals surface area contributed by atoms with Crippen molar-refractivity contribution in [2.24, 2.45) is 5.10 Å². The topological polar surface area (TPSA) is 99.6 Å². The van der Waals surface area contributed by atoms with Crippen molar-refractivity contribution in [3.63, 3.8) is 0 Å². The molecule has 0 aliphatic rings. The van der Waals surface area contributed by atoms with Crippen LogP contribution in [0.3, 0.4) is 0 Å². The van der Waals surface area contributed by atoms with E-state index in [-0.39, 0.29) is 11.7 Å². The lowest BCUT2D eigenvalue weighted by Crippen LogP contribution is -2.17. The molecule has 0 fully saturated rings. The maximum absolute atomic E-state index is 12.3. The van der Waals surface area contributed by atoms with E-state index in [0.717, 1.165) is 28.0 Å². The zero-order valence-corrected chi connectivity index (χ0v) is 16.5. The van der Waals surface area contributed by atoms with Gasteiger partial charge in [0.1, 0.15) is 5.82 Å². The zero-order valence-electron chi connectivity index (χ0n) is 16.5. The molecule has 4 aromatic rings. The van der Waals surface area contributed by atoms with Gasteiger partial charge in [-0.15, -0.1) is 0 Å². The molecular formula is C23H20N4O3. The fourth-order valence-electron chi connectivity index (χ4n) is 3.11. The van der Waals surface area contributed by atoms with Gasteiger partial charge in [0.05, 0.1) is 24.4 Å². The van der Waals surface area contributed by atoms with Crippen LogP contribution in [0.25, 0.3) is 22.4 Å². The van der Waals surface area contributed by atoms with Crippen LogP contribution in [-0.4, -0.2) is 34.3 Å². The molecule has 0 spiro atoms. The van der Waals surface area contributed by atoms with Gasteiger partial charge in [-0.3, -0.25) is 4.79 Å². The molecule has 1 amide bonds. The van der Waals surface area contributed by atoms with E-state index in [2.05, 4.69) is 20.5 Å². The third-order valence-corrected chi connectivity index (χ3v) is 4.72. The summed E-state index contributed by atoms with van der Waals surface area (Å²) >= 11 is 0. The summed E-state index contributed by atoms with van der Waals surface area (Å²) in [6, 6.07) is 18.0. The summed E-state index contributed by atoms with van der Waals surface area (Å²) in [5.41, 5.74) is 7.49. The molecule has 0 radical (unpaired) electrons. The molecule has 0 saturated heterocycles. The monoisotopic (exact) mass is 400 g/mol. The summed E-state index contributed by atoms with van der Waals surface area (Å²) in [4.78, 5) is 20.3. The zero-order chi connectivity index (χ0) is 21.1. The minimum absolute atomic E-state index is 0.00384. The van der Waals surface area contributed by atoms with E-state index in [4.69, 9.17) is 4.74 Å². The lowest BCUT2D eigenvalue weighted by Gasteiger charge is -2.03. The van der Waals surface area contributed by atoms with Gasteiger partial charge in [-0.05, 0) is 54.4 Å². The van der Waals surface area contributed by atoms with E-state index >= 15 is 0 Å². The minimum atomic E-state index is -0.337. The van der Waals surface area contributed by atoms with Crippen LogP contribution in [0.15, 0.2) is 65.8 Å². The Bertz CT molecular complexity index is 1240. The van der Waals surface area contributed by atoms with Gasteiger partial charge in [0, 0.05) is 11.1 Å². The second kappa shape index (κ2) is 8.08. The number of hydrogen-bond donors (Lipinski definition) is 3. The number of phenols is 1. The van der Waals surface area contributed by atoms with Crippen molar-refractivity contribution in [2.45, 2.75) is 6.92 Å². The normalized spacial score (nSPS) is 11.1. The summed E-state index contributed by atoms with van der Waals surface area (Å²) in [7, 11) is 1.48. The number of aromatic nitrogens is 2. The number of hydrogen-bond acceptors (Lipinski definition) is 5. The first kappa shape index (κ1) is 19.2. The van der Waals surface area contributed by atoms with Crippen LogP contribution in [0.4, 0.5) is 0 Å². The molecule has 1 aromatic heterocycles. The Morgan fingerprint density at radius 1 is 1.17 bits per heavy atom. The number of amides is 1. The minimum Gasteiger partial charge on any atom is -0.504 e. The molecule has 0 bridgehead atoms. The second-order valence-corrected chi connectivity index (χ2v) is 6.76. The molecule has 0 saturated carbocycles. The highest BCUT2D eigenvalue weighted by Crippen LogP contribution is 2.25. The predicted octanol–water partition coefficient (Wildman–Crippen LogP) is 4.02. The predicted molar refractivity (Wildman–Crippen MR) is 116 cm³/mol. The number of ether oxygens (including phenoxy) is 1. The first-order valence-corrected chi connectivity index (χ1v) is 9.31. The number of aromatic amines is 1. The van der Waals surface area contributed by atoms with Gasteiger partial charge in [0.25, 0.3) is 5.91 Å². The maximum atomic E-state index is 12.3. The number of phenolic OH excluding ortho intramolecular Hbond substituents is 1. The smallest absolute Gasteiger partial charge is 0.271 e. The van der Waals surface area contributed by atoms with Gasteiger partial charge >= 0.3 is 0 Å². The SMILES string of the molecule is COc1ccc(/C=N/NC(=O)c2ccc(-c3nc4c(C)cccc4[nH]3)cc2)cc1O. The summed E-state index contributed by atoms with van der Waals surface area (Å²) < 4.78 is 4.99. The Morgan fingerprint density at radius 3 is 2.67 bits per heavy atom. The van der Waals surface area contributed by atoms with Crippen molar-refractivity contribution < 1.29 is 14.6 Å². The van der Waals surface area contributed by atoms with E-state index in [1.54, 1.807) is 24.3 Å². The van der Waals surface area contributed by atoms with Gasteiger partial charge in [-0.2, -0.15) is 5.10 Å². The number of fused-ring (bicyclic) bond motifs is 1. The Morgan fingerprint density at radius 2 is 1.97 bits per heavy atom. The number of aryl methyl sites for hydroxylation is 1. The van der Waals surface area contributed by atoms with Gasteiger partial charge in [0.2, 0.25) is 0 Å². The van der Waals surface area contributed by atoms with Crippen LogP contribution in [-0.2, 0) is 0 Å². The molecule has 0 aliphatic carbocycles. The Kier molecular flexibility index (Phi) is 5.17. The van der Waals surface area contributed by atoms with Crippen molar-refractivity contribution in [1.29, 1.82) is 0 Å². The first-order valence-electron chi connectivity index (χ1n) is 9.31. The number of hydrazone groups is 1. The molecule has 7 nitrogen and oxygen atoms in total. The molecule has 3 aromatic carbocycles. The van der Waals surface area contributed by atoms with Gasteiger partial charge in [-0.25, -0.2) is 10.4 Å². The van der Waals surface area contributed by atoms with Gasteiger partial charge in [-0.1, -0.05) is 24.3 Å². The molecule has 0 aliphatic heterocycles. The third-order valence-electron chi connectivity index (χ3n) is 4.72. The average Bonchev–Trinajstić information content (AvgIpc) is 3.20. The molecule has 30 heavy (non-hydrogen) atoms. The van der Waals surface area contributed by atoms with E-state index in [1.807, 2.05) is 37.3 Å². The molecule has 0 unspecified atom stereocenters. The van der Waals surface area contributed by atoms with Crippen molar-refractivity contribution in [1.82, 2.24) is 15.4 Å². The van der Waals surface area contributed by atoms with E-state index in [9.17, 15) is 9.90 Å². The number of para-hydroxylation sites is 1. The molecule has 1 heterocycles. The first-order chi connectivity index (χ1) is 14.5. The number of carbonyl (C=O) groups excluding carboxylic acids is 1. The number of H-pyrrole nitrogens is 1. The quantitative estimate of drug-likeness (QED) is 0.348. The average molecular weight is 400 g/mol. The molecule has 150 valence electrons. The number of benzene rings is 3. The molecule has 0 atom stereocenters. The van der Waals surface area contributed by atoms with Gasteiger partial charge < -0.3 is 14.8 Å². The third kappa shape index (κ3) is 3.86. The largest absolute Gasteiger partial charge is 0.504 e. The number of imidazole rings is 1. The van der Waals surface area contributed by atoms with Crippen molar-refractivity contribution in [3.8, 4) is 22.9 Å². The van der Waals surface area contributed by atoms with E-state index in [1.165, 1.54) is 19.4 Å². The van der Waals surface area contributed by atoms with Crippen molar-refractivity contribution >= 4 is 23.2 Å². The lowest BCUT2D eigenvalue weighted by atomic mass is 10.1. The van der Waals surface area contributed by atoms with E-state index < -0.39 is 0 Å². The highest BCUT2D eigenvalue weighted by Gasteiger charge is 2.09. The fourth-order valence-corrected chi connectivity index (χ4v) is 3.11. The summed E-state index contributed by atoms with van der Waals surface area (Å²) in [6.45, 7) is 2.02. The van der Waals surface area contributed by atoms with Crippen LogP contribution < -0.4 is 10.2 Å². The molecule has 3 N–H and O–H groups in total. The Labute approximate surface area is 173 Å². The van der Waals surface area contributed by atoms with Crippen molar-refractivity contribution in [2.75, 3.05) is 7.11 Å². The van der Waals surface area contributed by atoms with Crippen molar-refractivity contribution in [3.05, 3.63) is 77.4 Å². The van der Waals surface area contributed by atoms with Crippen LogP contribution >= 0.6 is 0 Å². The lowest BCUT2D eigenvalue weighted by molar-refractivity contribution is 0.0955. The highest BCUT2D eigenvalue weighted by atomic mass is 16.5. The summed E-state index contributed by atoms with van der Waals surface area (Å²) in [6.07, 6.45) is 1.45. The maximum Gasteiger partial charge on any atom is 0.271 e. The van der Waals surface area contributed by atoms with Crippen LogP contribution in [0.5, 0.6) is 11.5 Å². The van der Waals surface area contributed by atoms with E-state index in [0.29, 0.717) is 16.9 Å². The molecular weight excluding hydrogens is 380 g/mol. The number of carbonyl (C=O) groups is 1. The highest BCUT2D eigenvalue weighted by molar-refractivity contribution is 5.95. The number of nitrogens with one attached hydrogen (secondary N) is 2. The Balaban J connectivity index is 1.45. The number of nitrogens with zero attached hydrogens (tertiary/aromatic N) is 2. The van der Waals surface area contributed by atoms with Crippen LogP contribution in [0.2, 0.25) is 0 Å². The van der Waals surface area contributed by atoms with Crippen LogP contribution in [0.1, 0.15) is 21.5 Å². The molecule has 7 heteroatoms. The van der Waals surface area contributed by atoms with Gasteiger partial charge in [0.15, 0.2) is 11.5 Å². The summed E-state index contributed by atoms with van der Waals surface area (Å²) in [5, 5.41) is 13.7. The van der Waals surface area contributed by atoms with Crippen LogP contribution in [0, 0.1) is 6.92 Å². The Hall–Kier alpha value is -4.13. The number of methoxy groups -OCH3 is 1. The second-order valence-electron chi connectivity index (χ2n) is 6.76. The number of rotatable bonds is 5. The summed E-state index contributed by atoms with van der Waals surface area (Å²) in [5.74, 6) is 0.791. The number of aromatic hydroxyl groups is 1. The standard InChI is InChI=1S/C23H20N4O3/c1-14-4-3-5-18-21(14)26-22(25-18)16-7-9-17(10-8-16)23(29)27-24-13-15-6-11-20(30-2)19(28)12-15/h3-13,28H,1-2H3,(H,25,26)(H,27,29)/b24-13+. The fraction of sp³-hybridized carbons (Fsp3) is 0.0870.